The summed E-state index contributed by atoms with van der Waals surface area (Å²) in [7, 11) is -4.17. The second-order valence-corrected chi connectivity index (χ2v) is 9.73. The SMILES string of the molecule is Cc1ccc(S(=O)(=O)N(CC(=O)NCc2ccc(OC(C)C)cc2)c2ccccc2F)cc1. The molecule has 0 unspecified atom stereocenters. The van der Waals surface area contributed by atoms with E-state index >= 15 is 0 Å². The quantitative estimate of drug-likeness (QED) is 0.502. The van der Waals surface area contributed by atoms with Gasteiger partial charge in [0.05, 0.1) is 16.7 Å². The van der Waals surface area contributed by atoms with E-state index in [1.165, 1.54) is 30.3 Å². The summed E-state index contributed by atoms with van der Waals surface area (Å²) in [4.78, 5) is 12.7. The molecule has 1 N–H and O–H groups in total. The monoisotopic (exact) mass is 470 g/mol. The summed E-state index contributed by atoms with van der Waals surface area (Å²) in [6.07, 6.45) is 0.0513. The fourth-order valence-corrected chi connectivity index (χ4v) is 4.56. The number of nitrogens with zero attached hydrogens (tertiary/aromatic N) is 1. The maximum atomic E-state index is 14.5. The minimum Gasteiger partial charge on any atom is -0.491 e. The van der Waals surface area contributed by atoms with Crippen LogP contribution < -0.4 is 14.4 Å². The lowest BCUT2D eigenvalue weighted by molar-refractivity contribution is -0.119. The largest absolute Gasteiger partial charge is 0.491 e. The van der Waals surface area contributed by atoms with E-state index in [1.54, 1.807) is 24.3 Å². The molecule has 0 aliphatic rings. The van der Waals surface area contributed by atoms with Crippen molar-refractivity contribution in [1.82, 2.24) is 5.32 Å². The normalized spacial score (nSPS) is 11.3. The van der Waals surface area contributed by atoms with Gasteiger partial charge in [-0.2, -0.15) is 0 Å². The van der Waals surface area contributed by atoms with Gasteiger partial charge in [-0.15, -0.1) is 0 Å². The molecule has 3 aromatic rings. The number of halogens is 1. The van der Waals surface area contributed by atoms with Crippen LogP contribution in [-0.4, -0.2) is 27.0 Å². The average molecular weight is 471 g/mol. The Morgan fingerprint density at radius 3 is 2.24 bits per heavy atom. The Bertz CT molecular complexity index is 1190. The van der Waals surface area contributed by atoms with E-state index in [2.05, 4.69) is 5.32 Å². The van der Waals surface area contributed by atoms with E-state index in [0.717, 1.165) is 27.2 Å². The zero-order valence-corrected chi connectivity index (χ0v) is 19.6. The predicted molar refractivity (Wildman–Crippen MR) is 126 cm³/mol. The van der Waals surface area contributed by atoms with Crippen LogP contribution in [0.15, 0.2) is 77.7 Å². The number of anilines is 1. The molecule has 174 valence electrons. The molecule has 33 heavy (non-hydrogen) atoms. The summed E-state index contributed by atoms with van der Waals surface area (Å²) in [6, 6.07) is 18.9. The minimum atomic E-state index is -4.17. The fraction of sp³-hybridized carbons (Fsp3) is 0.240. The van der Waals surface area contributed by atoms with Crippen molar-refractivity contribution >= 4 is 21.6 Å². The molecule has 8 heteroatoms. The Balaban J connectivity index is 1.78. The van der Waals surface area contributed by atoms with E-state index in [0.29, 0.717) is 0 Å². The molecule has 3 rings (SSSR count). The van der Waals surface area contributed by atoms with Gasteiger partial charge in [-0.25, -0.2) is 12.8 Å². The number of amides is 1. The molecule has 0 fully saturated rings. The van der Waals surface area contributed by atoms with Crippen molar-refractivity contribution in [2.24, 2.45) is 0 Å². The van der Waals surface area contributed by atoms with Crippen LogP contribution in [0.3, 0.4) is 0 Å². The minimum absolute atomic E-state index is 0.0232. The molecular weight excluding hydrogens is 443 g/mol. The van der Waals surface area contributed by atoms with Crippen molar-refractivity contribution in [1.29, 1.82) is 0 Å². The number of carbonyl (C=O) groups is 1. The first-order valence-electron chi connectivity index (χ1n) is 10.5. The van der Waals surface area contributed by atoms with Crippen molar-refractivity contribution in [3.05, 3.63) is 89.7 Å². The highest BCUT2D eigenvalue weighted by molar-refractivity contribution is 7.92. The van der Waals surface area contributed by atoms with Crippen LogP contribution in [0.2, 0.25) is 0 Å². The molecule has 0 radical (unpaired) electrons. The highest BCUT2D eigenvalue weighted by Crippen LogP contribution is 2.26. The number of nitrogens with one attached hydrogen (secondary N) is 1. The first-order valence-corrected chi connectivity index (χ1v) is 12.0. The Morgan fingerprint density at radius 2 is 1.64 bits per heavy atom. The summed E-state index contributed by atoms with van der Waals surface area (Å²) >= 11 is 0. The summed E-state index contributed by atoms with van der Waals surface area (Å²) in [5.41, 5.74) is 1.51. The van der Waals surface area contributed by atoms with Gasteiger partial charge in [0.25, 0.3) is 10.0 Å². The number of aryl methyl sites for hydroxylation is 1. The number of hydrogen-bond acceptors (Lipinski definition) is 4. The summed E-state index contributed by atoms with van der Waals surface area (Å²) in [6.45, 7) is 5.32. The first-order chi connectivity index (χ1) is 15.7. The third kappa shape index (κ3) is 6.32. The lowest BCUT2D eigenvalue weighted by atomic mass is 10.2. The predicted octanol–water partition coefficient (Wildman–Crippen LogP) is 4.43. The Labute approximate surface area is 194 Å². The fourth-order valence-electron chi connectivity index (χ4n) is 3.14. The number of carbonyl (C=O) groups excluding carboxylic acids is 1. The zero-order chi connectivity index (χ0) is 24.0. The maximum absolute atomic E-state index is 14.5. The van der Waals surface area contributed by atoms with Gasteiger partial charge >= 0.3 is 0 Å². The standard InChI is InChI=1S/C25H27FN2O4S/c1-18(2)32-21-12-10-20(11-13-21)16-27-25(29)17-28(24-7-5-4-6-23(24)26)33(30,31)22-14-8-19(3)9-15-22/h4-15,18H,16-17H2,1-3H3,(H,27,29). The molecule has 0 atom stereocenters. The molecule has 0 spiro atoms. The van der Waals surface area contributed by atoms with Gasteiger partial charge in [-0.05, 0) is 62.7 Å². The van der Waals surface area contributed by atoms with Crippen LogP contribution in [0.4, 0.5) is 10.1 Å². The van der Waals surface area contributed by atoms with Gasteiger partial charge < -0.3 is 10.1 Å². The zero-order valence-electron chi connectivity index (χ0n) is 18.8. The van der Waals surface area contributed by atoms with Crippen molar-refractivity contribution in [3.8, 4) is 5.75 Å². The molecule has 0 aliphatic carbocycles. The van der Waals surface area contributed by atoms with Crippen molar-refractivity contribution in [2.45, 2.75) is 38.3 Å². The van der Waals surface area contributed by atoms with Gasteiger partial charge in [-0.3, -0.25) is 9.10 Å². The Hall–Kier alpha value is -3.39. The second-order valence-electron chi connectivity index (χ2n) is 7.86. The highest BCUT2D eigenvalue weighted by Gasteiger charge is 2.29. The number of rotatable bonds is 9. The van der Waals surface area contributed by atoms with E-state index < -0.39 is 28.3 Å². The van der Waals surface area contributed by atoms with E-state index in [-0.39, 0.29) is 23.2 Å². The number of hydrogen-bond donors (Lipinski definition) is 1. The lowest BCUT2D eigenvalue weighted by Crippen LogP contribution is -2.41. The van der Waals surface area contributed by atoms with Gasteiger partial charge in [-0.1, -0.05) is 42.0 Å². The van der Waals surface area contributed by atoms with Crippen LogP contribution in [-0.2, 0) is 21.4 Å². The van der Waals surface area contributed by atoms with Crippen molar-refractivity contribution < 1.29 is 22.3 Å². The number of ether oxygens (including phenoxy) is 1. The van der Waals surface area contributed by atoms with Crippen LogP contribution in [0.5, 0.6) is 5.75 Å². The smallest absolute Gasteiger partial charge is 0.264 e. The molecule has 1 amide bonds. The maximum Gasteiger partial charge on any atom is 0.264 e. The molecule has 0 aromatic heterocycles. The van der Waals surface area contributed by atoms with Crippen molar-refractivity contribution in [3.63, 3.8) is 0 Å². The molecule has 3 aromatic carbocycles. The van der Waals surface area contributed by atoms with Gasteiger partial charge in [0.1, 0.15) is 18.1 Å². The third-order valence-corrected chi connectivity index (χ3v) is 6.58. The molecule has 0 saturated carbocycles. The topological polar surface area (TPSA) is 75.7 Å². The van der Waals surface area contributed by atoms with E-state index in [4.69, 9.17) is 4.74 Å². The van der Waals surface area contributed by atoms with E-state index in [1.807, 2.05) is 32.9 Å². The molecule has 0 heterocycles. The number of benzene rings is 3. The van der Waals surface area contributed by atoms with Gasteiger partial charge in [0, 0.05) is 6.54 Å². The summed E-state index contributed by atoms with van der Waals surface area (Å²) in [5.74, 6) is -0.576. The molecule has 0 bridgehead atoms. The molecule has 0 aliphatic heterocycles. The lowest BCUT2D eigenvalue weighted by Gasteiger charge is -2.24. The Kier molecular flexibility index (Phi) is 7.71. The summed E-state index contributed by atoms with van der Waals surface area (Å²) < 4.78 is 47.5. The van der Waals surface area contributed by atoms with Gasteiger partial charge in [0.15, 0.2) is 0 Å². The number of sulfonamides is 1. The van der Waals surface area contributed by atoms with E-state index in [9.17, 15) is 17.6 Å². The van der Waals surface area contributed by atoms with Crippen LogP contribution in [0, 0.1) is 12.7 Å². The highest BCUT2D eigenvalue weighted by atomic mass is 32.2. The van der Waals surface area contributed by atoms with Gasteiger partial charge in [0.2, 0.25) is 5.91 Å². The van der Waals surface area contributed by atoms with Crippen LogP contribution >= 0.6 is 0 Å². The Morgan fingerprint density at radius 1 is 1.00 bits per heavy atom. The van der Waals surface area contributed by atoms with Crippen LogP contribution in [0.1, 0.15) is 25.0 Å². The molecular formula is C25H27FN2O4S. The van der Waals surface area contributed by atoms with Crippen molar-refractivity contribution in [2.75, 3.05) is 10.8 Å². The average Bonchev–Trinajstić information content (AvgIpc) is 2.77. The van der Waals surface area contributed by atoms with Crippen LogP contribution in [0.25, 0.3) is 0 Å². The third-order valence-electron chi connectivity index (χ3n) is 4.80. The number of para-hydroxylation sites is 1. The first kappa shape index (κ1) is 24.3. The molecule has 6 nitrogen and oxygen atoms in total. The second kappa shape index (κ2) is 10.5. The summed E-state index contributed by atoms with van der Waals surface area (Å²) in [5, 5.41) is 2.70. The molecule has 0 saturated heterocycles.